The Bertz CT molecular complexity index is 797. The van der Waals surface area contributed by atoms with Crippen LogP contribution < -0.4 is 10.6 Å². The fourth-order valence-electron chi connectivity index (χ4n) is 1.80. The van der Waals surface area contributed by atoms with E-state index in [0.29, 0.717) is 0 Å². The molecule has 0 saturated heterocycles. The highest BCUT2D eigenvalue weighted by atomic mass is 79.9. The first-order valence-electron chi connectivity index (χ1n) is 6.42. The summed E-state index contributed by atoms with van der Waals surface area (Å²) in [7, 11) is 0. The molecule has 0 atom stereocenters. The van der Waals surface area contributed by atoms with E-state index in [1.165, 1.54) is 18.2 Å². The van der Waals surface area contributed by atoms with Crippen LogP contribution in [0.15, 0.2) is 46.9 Å². The average molecular weight is 422 g/mol. The number of carbonyl (C=O) groups is 2. The van der Waals surface area contributed by atoms with Gasteiger partial charge < -0.3 is 5.32 Å². The summed E-state index contributed by atoms with van der Waals surface area (Å²) in [5, 5.41) is 4.30. The van der Waals surface area contributed by atoms with Gasteiger partial charge in [0.1, 0.15) is 0 Å². The Balaban J connectivity index is 2.11. The van der Waals surface area contributed by atoms with E-state index in [1.807, 2.05) is 5.32 Å². The smallest absolute Gasteiger partial charge is 0.308 e. The van der Waals surface area contributed by atoms with Gasteiger partial charge in [-0.25, -0.2) is 4.79 Å². The molecule has 0 fully saturated rings. The molecular formula is C15H9BrClF3N2O2. The maximum Gasteiger partial charge on any atom is 0.417 e. The number of alkyl halides is 3. The molecule has 2 aromatic rings. The molecule has 9 heteroatoms. The van der Waals surface area contributed by atoms with Crippen molar-refractivity contribution in [1.29, 1.82) is 0 Å². The second kappa shape index (κ2) is 7.23. The number of hydrogen-bond donors (Lipinski definition) is 2. The van der Waals surface area contributed by atoms with Crippen molar-refractivity contribution in [3.8, 4) is 0 Å². The fraction of sp³-hybridized carbons (Fsp3) is 0.0667. The van der Waals surface area contributed by atoms with Crippen molar-refractivity contribution in [1.82, 2.24) is 5.32 Å². The zero-order valence-electron chi connectivity index (χ0n) is 11.7. The van der Waals surface area contributed by atoms with Crippen LogP contribution in [0.25, 0.3) is 0 Å². The number of amides is 3. The number of hydrogen-bond acceptors (Lipinski definition) is 2. The van der Waals surface area contributed by atoms with Gasteiger partial charge in [-0.3, -0.25) is 10.1 Å². The molecule has 0 aliphatic rings. The lowest BCUT2D eigenvalue weighted by atomic mass is 10.2. The predicted molar refractivity (Wildman–Crippen MR) is 87.1 cm³/mol. The second-order valence-electron chi connectivity index (χ2n) is 4.58. The van der Waals surface area contributed by atoms with Crippen LogP contribution in [-0.4, -0.2) is 11.9 Å². The van der Waals surface area contributed by atoms with E-state index in [9.17, 15) is 22.8 Å². The molecule has 0 aliphatic carbocycles. The quantitative estimate of drug-likeness (QED) is 0.710. The molecule has 3 amide bonds. The van der Waals surface area contributed by atoms with Crippen LogP contribution in [0, 0.1) is 0 Å². The van der Waals surface area contributed by atoms with E-state index in [4.69, 9.17) is 11.6 Å². The van der Waals surface area contributed by atoms with Crippen LogP contribution in [0.1, 0.15) is 15.9 Å². The number of nitrogens with one attached hydrogen (secondary N) is 2. The number of carbonyl (C=O) groups excluding carboxylic acids is 2. The number of imide groups is 1. The highest BCUT2D eigenvalue weighted by molar-refractivity contribution is 9.10. The number of benzene rings is 2. The lowest BCUT2D eigenvalue weighted by Gasteiger charge is -2.12. The third-order valence-corrected chi connectivity index (χ3v) is 3.90. The molecule has 0 bridgehead atoms. The Hall–Kier alpha value is -2.06. The molecule has 24 heavy (non-hydrogen) atoms. The molecule has 0 radical (unpaired) electrons. The van der Waals surface area contributed by atoms with Crippen LogP contribution in [-0.2, 0) is 6.18 Å². The summed E-state index contributed by atoms with van der Waals surface area (Å²) in [6, 6.07) is 8.24. The molecular weight excluding hydrogens is 413 g/mol. The summed E-state index contributed by atoms with van der Waals surface area (Å²) in [6.45, 7) is 0. The third kappa shape index (κ3) is 4.48. The zero-order valence-corrected chi connectivity index (χ0v) is 14.1. The Morgan fingerprint density at radius 2 is 1.75 bits per heavy atom. The van der Waals surface area contributed by atoms with Gasteiger partial charge >= 0.3 is 12.2 Å². The molecule has 0 heterocycles. The second-order valence-corrected chi connectivity index (χ2v) is 5.84. The number of rotatable bonds is 2. The minimum Gasteiger partial charge on any atom is -0.308 e. The zero-order chi connectivity index (χ0) is 17.9. The lowest BCUT2D eigenvalue weighted by Crippen LogP contribution is -2.34. The maximum atomic E-state index is 12.8. The molecule has 2 rings (SSSR count). The first-order chi connectivity index (χ1) is 11.2. The highest BCUT2D eigenvalue weighted by Gasteiger charge is 2.33. The van der Waals surface area contributed by atoms with Gasteiger partial charge in [0.15, 0.2) is 0 Å². The molecule has 2 aromatic carbocycles. The van der Waals surface area contributed by atoms with Crippen molar-refractivity contribution in [2.24, 2.45) is 0 Å². The van der Waals surface area contributed by atoms with Gasteiger partial charge in [-0.15, -0.1) is 0 Å². The first-order valence-corrected chi connectivity index (χ1v) is 7.59. The van der Waals surface area contributed by atoms with Crippen molar-refractivity contribution in [2.75, 3.05) is 5.32 Å². The van der Waals surface area contributed by atoms with Crippen molar-refractivity contribution >= 4 is 45.2 Å². The van der Waals surface area contributed by atoms with Crippen molar-refractivity contribution < 1.29 is 22.8 Å². The SMILES string of the molecule is O=C(NC(=O)c1ccccc1Cl)Nc1ccc(Br)c(C(F)(F)F)c1. The fourth-order valence-corrected chi connectivity index (χ4v) is 2.49. The number of anilines is 1. The van der Waals surface area contributed by atoms with Crippen LogP contribution in [0.3, 0.4) is 0 Å². The number of urea groups is 1. The van der Waals surface area contributed by atoms with Crippen LogP contribution in [0.2, 0.25) is 5.02 Å². The minimum atomic E-state index is -4.58. The molecule has 2 N–H and O–H groups in total. The highest BCUT2D eigenvalue weighted by Crippen LogP contribution is 2.36. The van der Waals surface area contributed by atoms with E-state index in [-0.39, 0.29) is 20.7 Å². The van der Waals surface area contributed by atoms with E-state index in [1.54, 1.807) is 12.1 Å². The summed E-state index contributed by atoms with van der Waals surface area (Å²) in [5.74, 6) is -0.772. The van der Waals surface area contributed by atoms with Gasteiger partial charge in [0.2, 0.25) is 0 Å². The summed E-state index contributed by atoms with van der Waals surface area (Å²) in [6.07, 6.45) is -4.58. The van der Waals surface area contributed by atoms with Gasteiger partial charge in [0.25, 0.3) is 5.91 Å². The summed E-state index contributed by atoms with van der Waals surface area (Å²) >= 11 is 8.62. The minimum absolute atomic E-state index is 0.0705. The predicted octanol–water partition coefficient (Wildman–Crippen LogP) is 5.08. The van der Waals surface area contributed by atoms with Crippen LogP contribution in [0.5, 0.6) is 0 Å². The summed E-state index contributed by atoms with van der Waals surface area (Å²) < 4.78 is 38.3. The van der Waals surface area contributed by atoms with E-state index in [0.717, 1.165) is 12.1 Å². The van der Waals surface area contributed by atoms with Crippen molar-refractivity contribution in [3.05, 3.63) is 63.1 Å². The van der Waals surface area contributed by atoms with Crippen LogP contribution >= 0.6 is 27.5 Å². The van der Waals surface area contributed by atoms with E-state index in [2.05, 4.69) is 21.2 Å². The molecule has 0 unspecified atom stereocenters. The standard InChI is InChI=1S/C15H9BrClF3N2O2/c16-11-6-5-8(7-10(11)15(18,19)20)21-14(24)22-13(23)9-3-1-2-4-12(9)17/h1-7H,(H2,21,22,23,24). The molecule has 0 aliphatic heterocycles. The Labute approximate surface area is 148 Å². The Kier molecular flexibility index (Phi) is 5.51. The molecule has 126 valence electrons. The Morgan fingerprint density at radius 3 is 2.38 bits per heavy atom. The van der Waals surface area contributed by atoms with Crippen LogP contribution in [0.4, 0.5) is 23.7 Å². The topological polar surface area (TPSA) is 58.2 Å². The van der Waals surface area contributed by atoms with E-state index >= 15 is 0 Å². The van der Waals surface area contributed by atoms with Gasteiger partial charge in [-0.1, -0.05) is 39.7 Å². The lowest BCUT2D eigenvalue weighted by molar-refractivity contribution is -0.138. The normalized spacial score (nSPS) is 11.0. The summed E-state index contributed by atoms with van der Waals surface area (Å²) in [5.41, 5.74) is -0.992. The molecule has 0 spiro atoms. The summed E-state index contributed by atoms with van der Waals surface area (Å²) in [4.78, 5) is 23.7. The monoisotopic (exact) mass is 420 g/mol. The van der Waals surface area contributed by atoms with Gasteiger partial charge in [-0.05, 0) is 30.3 Å². The first kappa shape index (κ1) is 18.3. The Morgan fingerprint density at radius 1 is 1.08 bits per heavy atom. The van der Waals surface area contributed by atoms with E-state index < -0.39 is 23.7 Å². The molecule has 0 aromatic heterocycles. The van der Waals surface area contributed by atoms with Gasteiger partial charge in [0.05, 0.1) is 16.1 Å². The molecule has 4 nitrogen and oxygen atoms in total. The largest absolute Gasteiger partial charge is 0.417 e. The maximum absolute atomic E-state index is 12.8. The van der Waals surface area contributed by atoms with Crippen molar-refractivity contribution in [3.63, 3.8) is 0 Å². The van der Waals surface area contributed by atoms with Gasteiger partial charge in [0, 0.05) is 10.2 Å². The third-order valence-electron chi connectivity index (χ3n) is 2.88. The number of halogens is 5. The molecule has 0 saturated carbocycles. The van der Waals surface area contributed by atoms with Crippen molar-refractivity contribution in [2.45, 2.75) is 6.18 Å². The average Bonchev–Trinajstić information content (AvgIpc) is 2.48. The van der Waals surface area contributed by atoms with Gasteiger partial charge in [-0.2, -0.15) is 13.2 Å².